The number of aryl methyl sites for hydroxylation is 1. The van der Waals surface area contributed by atoms with E-state index < -0.39 is 34.5 Å². The van der Waals surface area contributed by atoms with Crippen LogP contribution >= 0.6 is 0 Å². The number of ether oxygens (including phenoxy) is 1. The summed E-state index contributed by atoms with van der Waals surface area (Å²) in [7, 11) is -4.18. The highest BCUT2D eigenvalue weighted by atomic mass is 32.2. The van der Waals surface area contributed by atoms with Crippen molar-refractivity contribution < 1.29 is 32.3 Å². The summed E-state index contributed by atoms with van der Waals surface area (Å²) in [5, 5.41) is 4.70. The minimum absolute atomic E-state index is 0.0696. The Morgan fingerprint density at radius 2 is 1.54 bits per heavy atom. The molecule has 0 saturated heterocycles. The third-order valence-electron chi connectivity index (χ3n) is 5.30. The summed E-state index contributed by atoms with van der Waals surface area (Å²) < 4.78 is 32.0. The van der Waals surface area contributed by atoms with E-state index in [-0.39, 0.29) is 22.2 Å². The molecule has 0 saturated carbocycles. The van der Waals surface area contributed by atoms with Gasteiger partial charge in [0, 0.05) is 25.2 Å². The molecule has 0 fully saturated rings. The van der Waals surface area contributed by atoms with Gasteiger partial charge in [0.25, 0.3) is 15.9 Å². The lowest BCUT2D eigenvalue weighted by atomic mass is 10.1. The van der Waals surface area contributed by atoms with Gasteiger partial charge in [0.15, 0.2) is 0 Å². The molecule has 3 aromatic rings. The number of nitrogens with zero attached hydrogens (tertiary/aromatic N) is 1. The Morgan fingerprint density at radius 3 is 2.18 bits per heavy atom. The number of carbonyl (C=O) groups excluding carboxylic acids is 4. The normalized spacial score (nSPS) is 10.8. The minimum Gasteiger partial charge on any atom is -0.391 e. The van der Waals surface area contributed by atoms with Crippen molar-refractivity contribution in [2.24, 2.45) is 5.73 Å². The highest BCUT2D eigenvalue weighted by molar-refractivity contribution is 7.90. The van der Waals surface area contributed by atoms with Crippen molar-refractivity contribution in [2.75, 3.05) is 13.1 Å². The summed E-state index contributed by atoms with van der Waals surface area (Å²) in [5.41, 5.74) is 6.86. The zero-order valence-corrected chi connectivity index (χ0v) is 21.6. The fourth-order valence-electron chi connectivity index (χ4n) is 3.27. The minimum atomic E-state index is -4.18. The van der Waals surface area contributed by atoms with Crippen LogP contribution in [-0.2, 0) is 32.5 Å². The van der Waals surface area contributed by atoms with Gasteiger partial charge in [-0.15, -0.1) is 0 Å². The highest BCUT2D eigenvalue weighted by Gasteiger charge is 2.19. The van der Waals surface area contributed by atoms with Crippen LogP contribution in [0.5, 0.6) is 5.88 Å². The first-order valence-corrected chi connectivity index (χ1v) is 13.3. The SMILES string of the molecule is NCC(=O)NC(=O)Oc1ccc(C(=O)NS(=O)(=O)c2ccc(CCNC(=O)CCc3ccccc3)cc2)cn1. The molecular weight excluding hydrogens is 526 g/mol. The molecule has 204 valence electrons. The van der Waals surface area contributed by atoms with Crippen molar-refractivity contribution in [3.8, 4) is 5.88 Å². The van der Waals surface area contributed by atoms with E-state index in [1.807, 2.05) is 40.4 Å². The number of imide groups is 1. The largest absolute Gasteiger partial charge is 0.420 e. The second-order valence-corrected chi connectivity index (χ2v) is 9.87. The average Bonchev–Trinajstić information content (AvgIpc) is 2.92. The molecule has 0 bridgehead atoms. The first-order chi connectivity index (χ1) is 18.7. The van der Waals surface area contributed by atoms with Crippen molar-refractivity contribution in [1.82, 2.24) is 20.3 Å². The number of nitrogens with one attached hydrogen (secondary N) is 3. The fourth-order valence-corrected chi connectivity index (χ4v) is 4.25. The number of rotatable bonds is 11. The molecule has 1 aromatic heterocycles. The van der Waals surface area contributed by atoms with Gasteiger partial charge in [-0.2, -0.15) is 0 Å². The standard InChI is InChI=1S/C26H27N5O7S/c27-16-23(33)30-26(35)38-24-13-9-20(17-29-24)25(34)31-39(36,37)21-10-6-19(7-11-21)14-15-28-22(32)12-8-18-4-2-1-3-5-18/h1-7,9-11,13,17H,8,12,14-16,27H2,(H,28,32)(H,31,34)(H,30,33,35). The maximum atomic E-state index is 12.6. The Morgan fingerprint density at radius 1 is 0.846 bits per heavy atom. The first kappa shape index (κ1) is 28.9. The smallest absolute Gasteiger partial charge is 0.391 e. The van der Waals surface area contributed by atoms with Crippen molar-refractivity contribution in [1.29, 1.82) is 0 Å². The van der Waals surface area contributed by atoms with Gasteiger partial charge in [-0.25, -0.2) is 22.9 Å². The fraction of sp³-hybridized carbons (Fsp3) is 0.192. The molecule has 13 heteroatoms. The van der Waals surface area contributed by atoms with Gasteiger partial charge in [-0.3, -0.25) is 19.7 Å². The summed E-state index contributed by atoms with van der Waals surface area (Å²) in [5.74, 6) is -1.99. The van der Waals surface area contributed by atoms with E-state index in [4.69, 9.17) is 10.5 Å². The van der Waals surface area contributed by atoms with E-state index in [0.29, 0.717) is 25.8 Å². The monoisotopic (exact) mass is 553 g/mol. The molecule has 0 unspecified atom stereocenters. The van der Waals surface area contributed by atoms with Gasteiger partial charge in [-0.1, -0.05) is 42.5 Å². The van der Waals surface area contributed by atoms with Gasteiger partial charge in [0.2, 0.25) is 17.7 Å². The second-order valence-electron chi connectivity index (χ2n) is 8.19. The third-order valence-corrected chi connectivity index (χ3v) is 6.65. The van der Waals surface area contributed by atoms with E-state index in [9.17, 15) is 27.6 Å². The number of carbonyl (C=O) groups is 4. The summed E-state index contributed by atoms with van der Waals surface area (Å²) in [4.78, 5) is 50.7. The molecule has 0 aliphatic carbocycles. The molecule has 1 heterocycles. The molecular formula is C26H27N5O7S. The molecule has 4 amide bonds. The molecule has 2 aromatic carbocycles. The van der Waals surface area contributed by atoms with Crippen molar-refractivity contribution in [2.45, 2.75) is 24.2 Å². The van der Waals surface area contributed by atoms with E-state index in [1.54, 1.807) is 12.1 Å². The van der Waals surface area contributed by atoms with Gasteiger partial charge < -0.3 is 15.8 Å². The van der Waals surface area contributed by atoms with Crippen LogP contribution in [0.2, 0.25) is 0 Å². The molecule has 3 rings (SSSR count). The zero-order chi connectivity index (χ0) is 28.3. The zero-order valence-electron chi connectivity index (χ0n) is 20.8. The third kappa shape index (κ3) is 9.32. The van der Waals surface area contributed by atoms with E-state index in [2.05, 4.69) is 10.3 Å². The van der Waals surface area contributed by atoms with Crippen LogP contribution < -0.4 is 25.8 Å². The molecule has 0 atom stereocenters. The highest BCUT2D eigenvalue weighted by Crippen LogP contribution is 2.13. The predicted molar refractivity (Wildman–Crippen MR) is 140 cm³/mol. The number of aromatic nitrogens is 1. The Kier molecular flexibility index (Phi) is 10.2. The maximum absolute atomic E-state index is 12.6. The van der Waals surface area contributed by atoms with E-state index in [0.717, 1.165) is 23.4 Å². The number of amides is 4. The summed E-state index contributed by atoms with van der Waals surface area (Å²) in [6, 6.07) is 18.0. The van der Waals surface area contributed by atoms with Gasteiger partial charge in [0.05, 0.1) is 17.0 Å². The van der Waals surface area contributed by atoms with Crippen LogP contribution in [0.4, 0.5) is 4.79 Å². The van der Waals surface area contributed by atoms with Crippen LogP contribution in [0.3, 0.4) is 0 Å². The first-order valence-electron chi connectivity index (χ1n) is 11.8. The predicted octanol–water partition coefficient (Wildman–Crippen LogP) is 1.07. The van der Waals surface area contributed by atoms with Crippen LogP contribution in [0.15, 0.2) is 77.8 Å². The molecule has 0 radical (unpaired) electrons. The quantitative estimate of drug-likeness (QED) is 0.269. The van der Waals surface area contributed by atoms with Crippen molar-refractivity contribution >= 4 is 33.8 Å². The molecule has 39 heavy (non-hydrogen) atoms. The van der Waals surface area contributed by atoms with Crippen LogP contribution in [-0.4, -0.2) is 50.3 Å². The lowest BCUT2D eigenvalue weighted by Gasteiger charge is -2.09. The average molecular weight is 554 g/mol. The van der Waals surface area contributed by atoms with E-state index in [1.165, 1.54) is 18.2 Å². The Hall–Kier alpha value is -4.62. The van der Waals surface area contributed by atoms with E-state index >= 15 is 0 Å². The summed E-state index contributed by atoms with van der Waals surface area (Å²) in [6.45, 7) is -0.0131. The lowest BCUT2D eigenvalue weighted by Crippen LogP contribution is -2.37. The van der Waals surface area contributed by atoms with Crippen molar-refractivity contribution in [3.05, 3.63) is 89.6 Å². The number of nitrogens with two attached hydrogens (primary N) is 1. The number of hydrogen-bond donors (Lipinski definition) is 4. The number of hydrogen-bond acceptors (Lipinski definition) is 9. The Bertz CT molecular complexity index is 1410. The van der Waals surface area contributed by atoms with Crippen LogP contribution in [0, 0.1) is 0 Å². The van der Waals surface area contributed by atoms with Gasteiger partial charge in [0.1, 0.15) is 0 Å². The molecule has 0 aliphatic rings. The van der Waals surface area contributed by atoms with Gasteiger partial charge in [-0.05, 0) is 42.2 Å². The summed E-state index contributed by atoms with van der Waals surface area (Å²) >= 11 is 0. The van der Waals surface area contributed by atoms with Crippen molar-refractivity contribution in [3.63, 3.8) is 0 Å². The molecule has 0 aliphatic heterocycles. The topological polar surface area (TPSA) is 187 Å². The number of pyridine rings is 1. The molecule has 12 nitrogen and oxygen atoms in total. The second kappa shape index (κ2) is 13.8. The van der Waals surface area contributed by atoms with Crippen LogP contribution in [0.25, 0.3) is 0 Å². The Balaban J connectivity index is 1.47. The lowest BCUT2D eigenvalue weighted by molar-refractivity contribution is -0.121. The van der Waals surface area contributed by atoms with Gasteiger partial charge >= 0.3 is 6.09 Å². The molecule has 0 spiro atoms. The van der Waals surface area contributed by atoms with Crippen LogP contribution in [0.1, 0.15) is 27.9 Å². The molecule has 5 N–H and O–H groups in total. The number of benzene rings is 2. The Labute approximate surface area is 225 Å². The number of sulfonamides is 1. The maximum Gasteiger partial charge on any atom is 0.420 e. The summed E-state index contributed by atoms with van der Waals surface area (Å²) in [6.07, 6.45) is 1.43.